The Morgan fingerprint density at radius 2 is 1.79 bits per heavy atom. The first-order valence-electron chi connectivity index (χ1n) is 6.07. The molecule has 96 valence electrons. The molecular formula is C14H14N4O. The molecule has 1 aromatic carbocycles. The number of hydrogen-bond acceptors (Lipinski definition) is 4. The Kier molecular flexibility index (Phi) is 3.02. The summed E-state index contributed by atoms with van der Waals surface area (Å²) in [5.74, 6) is 1.85. The highest BCUT2D eigenvalue weighted by Crippen LogP contribution is 2.14. The van der Waals surface area contributed by atoms with Gasteiger partial charge in [0.15, 0.2) is 0 Å². The molecule has 5 nitrogen and oxygen atoms in total. The summed E-state index contributed by atoms with van der Waals surface area (Å²) in [6.45, 7) is 2.61. The van der Waals surface area contributed by atoms with Crippen molar-refractivity contribution in [3.8, 4) is 5.69 Å². The third-order valence-electron chi connectivity index (χ3n) is 2.78. The lowest BCUT2D eigenvalue weighted by Gasteiger charge is -2.05. The van der Waals surface area contributed by atoms with E-state index in [1.165, 1.54) is 0 Å². The van der Waals surface area contributed by atoms with Gasteiger partial charge in [-0.05, 0) is 43.3 Å². The second-order valence-electron chi connectivity index (χ2n) is 4.23. The molecule has 3 aromatic rings. The summed E-state index contributed by atoms with van der Waals surface area (Å²) in [5.41, 5.74) is 1.97. The van der Waals surface area contributed by atoms with Crippen molar-refractivity contribution >= 4 is 5.69 Å². The van der Waals surface area contributed by atoms with Crippen LogP contribution < -0.4 is 5.32 Å². The van der Waals surface area contributed by atoms with Crippen molar-refractivity contribution in [3.63, 3.8) is 0 Å². The summed E-state index contributed by atoms with van der Waals surface area (Å²) in [7, 11) is 0. The number of benzene rings is 1. The molecule has 0 aliphatic rings. The molecule has 1 N–H and O–H groups in total. The van der Waals surface area contributed by atoms with E-state index in [1.807, 2.05) is 43.3 Å². The fraction of sp³-hybridized carbons (Fsp3) is 0.143. The van der Waals surface area contributed by atoms with E-state index >= 15 is 0 Å². The number of furan rings is 1. The van der Waals surface area contributed by atoms with Gasteiger partial charge in [-0.3, -0.25) is 0 Å². The predicted molar refractivity (Wildman–Crippen MR) is 72.1 cm³/mol. The van der Waals surface area contributed by atoms with Gasteiger partial charge in [-0.2, -0.15) is 15.0 Å². The Morgan fingerprint density at radius 1 is 1.05 bits per heavy atom. The van der Waals surface area contributed by atoms with Crippen LogP contribution in [0, 0.1) is 6.92 Å². The summed E-state index contributed by atoms with van der Waals surface area (Å²) in [6.07, 6.45) is 3.32. The van der Waals surface area contributed by atoms with Crippen LogP contribution in [0.3, 0.4) is 0 Å². The van der Waals surface area contributed by atoms with E-state index in [1.54, 1.807) is 17.2 Å². The molecule has 0 radical (unpaired) electrons. The van der Waals surface area contributed by atoms with Crippen LogP contribution in [-0.4, -0.2) is 15.0 Å². The summed E-state index contributed by atoms with van der Waals surface area (Å²) >= 11 is 0. The lowest BCUT2D eigenvalue weighted by Crippen LogP contribution is -2.00. The number of hydrogen-bond donors (Lipinski definition) is 1. The molecule has 3 rings (SSSR count). The highest BCUT2D eigenvalue weighted by atomic mass is 16.3. The number of nitrogens with one attached hydrogen (secondary N) is 1. The highest BCUT2D eigenvalue weighted by molar-refractivity contribution is 5.48. The van der Waals surface area contributed by atoms with Crippen molar-refractivity contribution in [1.29, 1.82) is 0 Å². The van der Waals surface area contributed by atoms with E-state index in [0.29, 0.717) is 6.54 Å². The van der Waals surface area contributed by atoms with Crippen molar-refractivity contribution in [2.45, 2.75) is 13.5 Å². The van der Waals surface area contributed by atoms with Gasteiger partial charge in [0.25, 0.3) is 0 Å². The third-order valence-corrected chi connectivity index (χ3v) is 2.78. The van der Waals surface area contributed by atoms with E-state index in [4.69, 9.17) is 4.42 Å². The van der Waals surface area contributed by atoms with Crippen LogP contribution in [0.5, 0.6) is 0 Å². The van der Waals surface area contributed by atoms with Crippen LogP contribution in [0.1, 0.15) is 11.5 Å². The zero-order valence-corrected chi connectivity index (χ0v) is 10.6. The minimum Gasteiger partial charge on any atom is -0.465 e. The van der Waals surface area contributed by atoms with Gasteiger partial charge in [0, 0.05) is 5.69 Å². The number of aryl methyl sites for hydroxylation is 1. The first-order valence-corrected chi connectivity index (χ1v) is 6.07. The van der Waals surface area contributed by atoms with Gasteiger partial charge >= 0.3 is 0 Å². The standard InChI is InChI=1S/C14H14N4O/c1-11-2-7-14(19-11)10-15-12-3-5-13(6-4-12)18-16-8-9-17-18/h2-9,15H,10H2,1H3. The zero-order chi connectivity index (χ0) is 13.1. The Labute approximate surface area is 110 Å². The molecule has 0 aliphatic carbocycles. The van der Waals surface area contributed by atoms with Gasteiger partial charge in [-0.1, -0.05) is 0 Å². The second-order valence-corrected chi connectivity index (χ2v) is 4.23. The van der Waals surface area contributed by atoms with Gasteiger partial charge < -0.3 is 9.73 Å². The Morgan fingerprint density at radius 3 is 2.42 bits per heavy atom. The predicted octanol–water partition coefficient (Wildman–Crippen LogP) is 2.78. The first kappa shape index (κ1) is 11.5. The fourth-order valence-corrected chi connectivity index (χ4v) is 1.83. The van der Waals surface area contributed by atoms with Crippen LogP contribution in [0.25, 0.3) is 5.69 Å². The van der Waals surface area contributed by atoms with Crippen molar-refractivity contribution in [2.24, 2.45) is 0 Å². The SMILES string of the molecule is Cc1ccc(CNc2ccc(-n3nccn3)cc2)o1. The smallest absolute Gasteiger partial charge is 0.123 e. The summed E-state index contributed by atoms with van der Waals surface area (Å²) in [4.78, 5) is 1.58. The van der Waals surface area contributed by atoms with Crippen LogP contribution in [0.4, 0.5) is 5.69 Å². The quantitative estimate of drug-likeness (QED) is 0.777. The Hall–Kier alpha value is -2.56. The molecule has 0 atom stereocenters. The molecule has 0 saturated heterocycles. The average Bonchev–Trinajstić information content (AvgIpc) is 3.08. The molecule has 0 fully saturated rings. The van der Waals surface area contributed by atoms with Crippen molar-refractivity contribution in [2.75, 3.05) is 5.32 Å². The summed E-state index contributed by atoms with van der Waals surface area (Å²) in [6, 6.07) is 11.9. The maximum atomic E-state index is 5.50. The monoisotopic (exact) mass is 254 g/mol. The van der Waals surface area contributed by atoms with E-state index in [2.05, 4.69) is 15.5 Å². The largest absolute Gasteiger partial charge is 0.465 e. The van der Waals surface area contributed by atoms with Crippen molar-refractivity contribution in [3.05, 3.63) is 60.3 Å². The van der Waals surface area contributed by atoms with Crippen molar-refractivity contribution in [1.82, 2.24) is 15.0 Å². The molecule has 0 unspecified atom stereocenters. The minimum absolute atomic E-state index is 0.674. The maximum absolute atomic E-state index is 5.50. The van der Waals surface area contributed by atoms with Gasteiger partial charge in [0.2, 0.25) is 0 Å². The van der Waals surface area contributed by atoms with Gasteiger partial charge in [0.1, 0.15) is 11.5 Å². The molecule has 2 aromatic heterocycles. The number of nitrogens with zero attached hydrogens (tertiary/aromatic N) is 3. The molecule has 0 bridgehead atoms. The molecule has 0 spiro atoms. The van der Waals surface area contributed by atoms with Crippen LogP contribution in [-0.2, 0) is 6.54 Å². The Balaban J connectivity index is 1.66. The fourth-order valence-electron chi connectivity index (χ4n) is 1.83. The molecule has 0 amide bonds. The van der Waals surface area contributed by atoms with E-state index in [-0.39, 0.29) is 0 Å². The average molecular weight is 254 g/mol. The summed E-state index contributed by atoms with van der Waals surface area (Å²) in [5, 5.41) is 11.5. The molecular weight excluding hydrogens is 240 g/mol. The molecule has 19 heavy (non-hydrogen) atoms. The van der Waals surface area contributed by atoms with Crippen LogP contribution in [0.2, 0.25) is 0 Å². The van der Waals surface area contributed by atoms with Crippen LogP contribution >= 0.6 is 0 Å². The normalized spacial score (nSPS) is 10.6. The second kappa shape index (κ2) is 4.97. The van der Waals surface area contributed by atoms with E-state index in [0.717, 1.165) is 22.9 Å². The number of anilines is 1. The van der Waals surface area contributed by atoms with E-state index < -0.39 is 0 Å². The topological polar surface area (TPSA) is 55.9 Å². The van der Waals surface area contributed by atoms with Gasteiger partial charge in [-0.15, -0.1) is 0 Å². The molecule has 0 aliphatic heterocycles. The van der Waals surface area contributed by atoms with E-state index in [9.17, 15) is 0 Å². The maximum Gasteiger partial charge on any atom is 0.123 e. The highest BCUT2D eigenvalue weighted by Gasteiger charge is 2.00. The molecule has 5 heteroatoms. The molecule has 0 saturated carbocycles. The van der Waals surface area contributed by atoms with Gasteiger partial charge in [0.05, 0.1) is 24.6 Å². The number of aromatic nitrogens is 3. The zero-order valence-electron chi connectivity index (χ0n) is 10.6. The lowest BCUT2D eigenvalue weighted by molar-refractivity contribution is 0.490. The number of rotatable bonds is 4. The van der Waals surface area contributed by atoms with Gasteiger partial charge in [-0.25, -0.2) is 0 Å². The lowest BCUT2D eigenvalue weighted by atomic mass is 10.3. The summed E-state index contributed by atoms with van der Waals surface area (Å²) < 4.78 is 5.50. The van der Waals surface area contributed by atoms with Crippen LogP contribution in [0.15, 0.2) is 53.2 Å². The first-order chi connectivity index (χ1) is 9.31. The Bertz CT molecular complexity index is 640. The third kappa shape index (κ3) is 2.65. The molecule has 2 heterocycles. The minimum atomic E-state index is 0.674. The van der Waals surface area contributed by atoms with Crippen molar-refractivity contribution < 1.29 is 4.42 Å².